The van der Waals surface area contributed by atoms with Crippen LogP contribution in [0.15, 0.2) is 48.8 Å². The van der Waals surface area contributed by atoms with Gasteiger partial charge in [0.15, 0.2) is 0 Å². The number of non-ortho nitro benzene ring substituents is 1. The van der Waals surface area contributed by atoms with Crippen molar-refractivity contribution in [3.05, 3.63) is 58.9 Å². The third kappa shape index (κ3) is 3.08. The van der Waals surface area contributed by atoms with E-state index >= 15 is 0 Å². The van der Waals surface area contributed by atoms with Gasteiger partial charge in [0.2, 0.25) is 5.91 Å². The second kappa shape index (κ2) is 5.79. The maximum atomic E-state index is 11.2. The van der Waals surface area contributed by atoms with Crippen molar-refractivity contribution in [3.8, 4) is 0 Å². The Balaban J connectivity index is 2.44. The Bertz CT molecular complexity index is 631. The SMILES string of the molecule is NC(=O)CN(c1ccncc1)c1cccc([N+](=O)[O-])c1. The number of nitrogens with zero attached hydrogens (tertiary/aromatic N) is 3. The molecule has 0 aliphatic heterocycles. The Labute approximate surface area is 114 Å². The van der Waals surface area contributed by atoms with Crippen molar-refractivity contribution >= 4 is 23.0 Å². The van der Waals surface area contributed by atoms with Gasteiger partial charge in [-0.15, -0.1) is 0 Å². The number of aromatic nitrogens is 1. The highest BCUT2D eigenvalue weighted by Gasteiger charge is 2.15. The minimum absolute atomic E-state index is 0.0500. The van der Waals surface area contributed by atoms with Gasteiger partial charge in [-0.3, -0.25) is 19.9 Å². The Morgan fingerprint density at radius 3 is 2.55 bits per heavy atom. The summed E-state index contributed by atoms with van der Waals surface area (Å²) in [6.07, 6.45) is 3.14. The molecule has 2 aromatic rings. The number of primary amides is 1. The highest BCUT2D eigenvalue weighted by atomic mass is 16.6. The number of carbonyl (C=O) groups excluding carboxylic acids is 1. The molecule has 0 atom stereocenters. The number of hydrogen-bond donors (Lipinski definition) is 1. The van der Waals surface area contributed by atoms with Crippen LogP contribution in [0.5, 0.6) is 0 Å². The van der Waals surface area contributed by atoms with Crippen LogP contribution < -0.4 is 10.6 Å². The zero-order chi connectivity index (χ0) is 14.5. The molecular weight excluding hydrogens is 260 g/mol. The second-order valence-corrected chi connectivity index (χ2v) is 4.03. The monoisotopic (exact) mass is 272 g/mol. The van der Waals surface area contributed by atoms with Crippen LogP contribution in [0.25, 0.3) is 0 Å². The molecule has 7 heteroatoms. The summed E-state index contributed by atoms with van der Waals surface area (Å²) in [6, 6.07) is 9.41. The molecule has 20 heavy (non-hydrogen) atoms. The van der Waals surface area contributed by atoms with Gasteiger partial charge in [0, 0.05) is 35.9 Å². The van der Waals surface area contributed by atoms with Crippen LogP contribution in [-0.2, 0) is 4.79 Å². The lowest BCUT2D eigenvalue weighted by molar-refractivity contribution is -0.384. The number of rotatable bonds is 5. The molecule has 0 fully saturated rings. The van der Waals surface area contributed by atoms with E-state index in [1.807, 2.05) is 0 Å². The molecule has 1 heterocycles. The van der Waals surface area contributed by atoms with E-state index in [9.17, 15) is 14.9 Å². The first-order valence-corrected chi connectivity index (χ1v) is 5.78. The fraction of sp³-hybridized carbons (Fsp3) is 0.0769. The first-order chi connectivity index (χ1) is 9.58. The van der Waals surface area contributed by atoms with Crippen molar-refractivity contribution in [2.45, 2.75) is 0 Å². The van der Waals surface area contributed by atoms with Crippen molar-refractivity contribution in [2.24, 2.45) is 5.73 Å². The topological polar surface area (TPSA) is 102 Å². The third-order valence-corrected chi connectivity index (χ3v) is 2.64. The predicted molar refractivity (Wildman–Crippen MR) is 73.5 cm³/mol. The summed E-state index contributed by atoms with van der Waals surface area (Å²) in [7, 11) is 0. The summed E-state index contributed by atoms with van der Waals surface area (Å²) in [5.41, 5.74) is 6.38. The molecule has 2 rings (SSSR count). The van der Waals surface area contributed by atoms with Crippen LogP contribution in [0, 0.1) is 10.1 Å². The maximum absolute atomic E-state index is 11.2. The quantitative estimate of drug-likeness (QED) is 0.658. The molecule has 0 bridgehead atoms. The number of hydrogen-bond acceptors (Lipinski definition) is 5. The zero-order valence-electron chi connectivity index (χ0n) is 10.5. The molecule has 1 aromatic heterocycles. The minimum Gasteiger partial charge on any atom is -0.368 e. The fourth-order valence-electron chi connectivity index (χ4n) is 1.79. The molecule has 0 unspecified atom stereocenters. The summed E-state index contributed by atoms with van der Waals surface area (Å²) in [6.45, 7) is -0.0782. The molecule has 0 radical (unpaired) electrons. The van der Waals surface area contributed by atoms with Crippen LogP contribution in [-0.4, -0.2) is 22.4 Å². The Hall–Kier alpha value is -2.96. The number of anilines is 2. The first-order valence-electron chi connectivity index (χ1n) is 5.78. The first kappa shape index (κ1) is 13.5. The summed E-state index contributed by atoms with van der Waals surface area (Å²) in [5, 5.41) is 10.8. The largest absolute Gasteiger partial charge is 0.368 e. The van der Waals surface area contributed by atoms with Gasteiger partial charge in [0.05, 0.1) is 4.92 Å². The summed E-state index contributed by atoms with van der Waals surface area (Å²) >= 11 is 0. The molecule has 0 saturated heterocycles. The lowest BCUT2D eigenvalue weighted by Gasteiger charge is -2.23. The Morgan fingerprint density at radius 1 is 1.25 bits per heavy atom. The van der Waals surface area contributed by atoms with Crippen LogP contribution in [0.1, 0.15) is 0 Å². The number of amides is 1. The summed E-state index contributed by atoms with van der Waals surface area (Å²) in [5.74, 6) is -0.534. The van der Waals surface area contributed by atoms with Gasteiger partial charge in [-0.05, 0) is 18.2 Å². The van der Waals surface area contributed by atoms with Crippen LogP contribution in [0.3, 0.4) is 0 Å². The van der Waals surface area contributed by atoms with Crippen molar-refractivity contribution in [3.63, 3.8) is 0 Å². The maximum Gasteiger partial charge on any atom is 0.271 e. The van der Waals surface area contributed by atoms with Gasteiger partial charge in [0.1, 0.15) is 6.54 Å². The average Bonchev–Trinajstić information content (AvgIpc) is 2.45. The van der Waals surface area contributed by atoms with Crippen molar-refractivity contribution in [1.29, 1.82) is 0 Å². The highest BCUT2D eigenvalue weighted by molar-refractivity contribution is 5.83. The van der Waals surface area contributed by atoms with E-state index in [-0.39, 0.29) is 12.2 Å². The molecule has 0 aliphatic rings. The van der Waals surface area contributed by atoms with Gasteiger partial charge in [-0.25, -0.2) is 0 Å². The van der Waals surface area contributed by atoms with Crippen molar-refractivity contribution < 1.29 is 9.72 Å². The summed E-state index contributed by atoms with van der Waals surface area (Å²) < 4.78 is 0. The number of pyridine rings is 1. The lowest BCUT2D eigenvalue weighted by Crippen LogP contribution is -2.30. The normalized spacial score (nSPS) is 10.0. The lowest BCUT2D eigenvalue weighted by atomic mass is 10.2. The van der Waals surface area contributed by atoms with Gasteiger partial charge in [0.25, 0.3) is 5.69 Å². The smallest absolute Gasteiger partial charge is 0.271 e. The Morgan fingerprint density at radius 2 is 1.95 bits per heavy atom. The van der Waals surface area contributed by atoms with Crippen LogP contribution >= 0.6 is 0 Å². The van der Waals surface area contributed by atoms with E-state index < -0.39 is 10.8 Å². The number of carbonyl (C=O) groups is 1. The van der Waals surface area contributed by atoms with Gasteiger partial charge in [-0.1, -0.05) is 6.07 Å². The predicted octanol–water partition coefficient (Wildman–Crippen LogP) is 1.61. The van der Waals surface area contributed by atoms with Crippen LogP contribution in [0.4, 0.5) is 17.1 Å². The number of nitrogens with two attached hydrogens (primary N) is 1. The van der Waals surface area contributed by atoms with E-state index in [4.69, 9.17) is 5.73 Å². The molecule has 0 spiro atoms. The molecule has 1 amide bonds. The molecular formula is C13H12N4O3. The molecule has 0 aliphatic carbocycles. The molecule has 102 valence electrons. The van der Waals surface area contributed by atoms with E-state index in [0.717, 1.165) is 0 Å². The van der Waals surface area contributed by atoms with E-state index in [1.165, 1.54) is 12.1 Å². The van der Waals surface area contributed by atoms with Gasteiger partial charge >= 0.3 is 0 Å². The van der Waals surface area contributed by atoms with Crippen LogP contribution in [0.2, 0.25) is 0 Å². The molecule has 7 nitrogen and oxygen atoms in total. The van der Waals surface area contributed by atoms with E-state index in [1.54, 1.807) is 41.6 Å². The number of nitro benzene ring substituents is 1. The average molecular weight is 272 g/mol. The van der Waals surface area contributed by atoms with Crippen molar-refractivity contribution in [2.75, 3.05) is 11.4 Å². The fourth-order valence-corrected chi connectivity index (χ4v) is 1.79. The molecule has 0 saturated carbocycles. The number of nitro groups is 1. The van der Waals surface area contributed by atoms with E-state index in [2.05, 4.69) is 4.98 Å². The highest BCUT2D eigenvalue weighted by Crippen LogP contribution is 2.27. The van der Waals surface area contributed by atoms with Crippen molar-refractivity contribution in [1.82, 2.24) is 4.98 Å². The molecule has 2 N–H and O–H groups in total. The molecule has 1 aromatic carbocycles. The van der Waals surface area contributed by atoms with Gasteiger partial charge in [-0.2, -0.15) is 0 Å². The minimum atomic E-state index is -0.534. The Kier molecular flexibility index (Phi) is 3.90. The summed E-state index contributed by atoms with van der Waals surface area (Å²) in [4.78, 5) is 27.0. The zero-order valence-corrected chi connectivity index (χ0v) is 10.5. The van der Waals surface area contributed by atoms with E-state index in [0.29, 0.717) is 11.4 Å². The van der Waals surface area contributed by atoms with Gasteiger partial charge < -0.3 is 10.6 Å². The third-order valence-electron chi connectivity index (χ3n) is 2.64. The second-order valence-electron chi connectivity index (χ2n) is 4.03. The standard InChI is InChI=1S/C13H12N4O3/c14-13(18)9-16(10-4-6-15-7-5-10)11-2-1-3-12(8-11)17(19)20/h1-8H,9H2,(H2,14,18). The number of benzene rings is 1.